The number of aryl methyl sites for hydroxylation is 1. The van der Waals surface area contributed by atoms with Crippen molar-refractivity contribution in [1.29, 1.82) is 0 Å². The summed E-state index contributed by atoms with van der Waals surface area (Å²) in [5.41, 5.74) is 0.974. The van der Waals surface area contributed by atoms with Gasteiger partial charge in [-0.2, -0.15) is 0 Å². The molecule has 0 saturated heterocycles. The summed E-state index contributed by atoms with van der Waals surface area (Å²) < 4.78 is 13.4. The van der Waals surface area contributed by atoms with Crippen molar-refractivity contribution in [3.63, 3.8) is 0 Å². The Labute approximate surface area is 109 Å². The molecule has 1 nitrogen and oxygen atoms in total. The fraction of sp³-hybridized carbons (Fsp3) is 0.625. The fourth-order valence-electron chi connectivity index (χ4n) is 3.22. The van der Waals surface area contributed by atoms with Crippen LogP contribution in [-0.4, -0.2) is 5.11 Å². The lowest BCUT2D eigenvalue weighted by molar-refractivity contribution is -0.0159. The van der Waals surface area contributed by atoms with E-state index >= 15 is 0 Å². The average Bonchev–Trinajstić information content (AvgIpc) is 2.36. The molecular formula is C16H23FO. The first kappa shape index (κ1) is 13.5. The third kappa shape index (κ3) is 2.74. The maximum Gasteiger partial charge on any atom is 0.123 e. The summed E-state index contributed by atoms with van der Waals surface area (Å²) >= 11 is 0. The molecule has 2 heteroatoms. The first-order valence-corrected chi connectivity index (χ1v) is 7.04. The van der Waals surface area contributed by atoms with Gasteiger partial charge in [0.25, 0.3) is 0 Å². The highest BCUT2D eigenvalue weighted by molar-refractivity contribution is 5.32. The van der Waals surface area contributed by atoms with Gasteiger partial charge in [-0.15, -0.1) is 0 Å². The Kier molecular flexibility index (Phi) is 4.06. The highest BCUT2D eigenvalue weighted by atomic mass is 19.1. The maximum atomic E-state index is 13.4. The molecule has 0 aromatic heterocycles. The molecule has 1 saturated carbocycles. The summed E-state index contributed by atoms with van der Waals surface area (Å²) in [7, 11) is 0. The van der Waals surface area contributed by atoms with Gasteiger partial charge in [0.05, 0.1) is 5.60 Å². The molecule has 1 fully saturated rings. The quantitative estimate of drug-likeness (QED) is 0.847. The summed E-state index contributed by atoms with van der Waals surface area (Å²) in [6.45, 7) is 4.16. The Balaban J connectivity index is 2.15. The van der Waals surface area contributed by atoms with E-state index in [4.69, 9.17) is 0 Å². The predicted molar refractivity (Wildman–Crippen MR) is 71.9 cm³/mol. The molecule has 1 aromatic rings. The van der Waals surface area contributed by atoms with Gasteiger partial charge >= 0.3 is 0 Å². The van der Waals surface area contributed by atoms with E-state index in [9.17, 15) is 9.50 Å². The van der Waals surface area contributed by atoms with Gasteiger partial charge in [0.1, 0.15) is 5.82 Å². The molecule has 0 spiro atoms. The monoisotopic (exact) mass is 250 g/mol. The van der Waals surface area contributed by atoms with Gasteiger partial charge in [0.15, 0.2) is 0 Å². The van der Waals surface area contributed by atoms with Crippen LogP contribution in [0.15, 0.2) is 18.2 Å². The van der Waals surface area contributed by atoms with Crippen LogP contribution < -0.4 is 0 Å². The molecule has 0 amide bonds. The van der Waals surface area contributed by atoms with E-state index in [1.165, 1.54) is 25.0 Å². The highest BCUT2D eigenvalue weighted by Gasteiger charge is 2.35. The van der Waals surface area contributed by atoms with Crippen molar-refractivity contribution in [3.8, 4) is 0 Å². The number of halogens is 1. The first-order chi connectivity index (χ1) is 8.55. The maximum absolute atomic E-state index is 13.4. The predicted octanol–water partition coefficient (Wildman–Crippen LogP) is 4.31. The molecule has 1 aliphatic carbocycles. The second-order valence-corrected chi connectivity index (χ2v) is 5.72. The van der Waals surface area contributed by atoms with Crippen LogP contribution in [0.25, 0.3) is 0 Å². The zero-order valence-corrected chi connectivity index (χ0v) is 11.4. The van der Waals surface area contributed by atoms with E-state index in [2.05, 4.69) is 6.92 Å². The van der Waals surface area contributed by atoms with Gasteiger partial charge in [-0.25, -0.2) is 4.39 Å². The molecule has 1 aromatic carbocycles. The third-order valence-corrected chi connectivity index (χ3v) is 4.33. The molecule has 0 bridgehead atoms. The molecular weight excluding hydrogens is 227 g/mol. The van der Waals surface area contributed by atoms with Gasteiger partial charge in [0.2, 0.25) is 0 Å². The van der Waals surface area contributed by atoms with Crippen LogP contribution in [0, 0.1) is 18.7 Å². The van der Waals surface area contributed by atoms with E-state index in [1.54, 1.807) is 6.07 Å². The van der Waals surface area contributed by atoms with Crippen molar-refractivity contribution in [2.45, 2.75) is 58.0 Å². The van der Waals surface area contributed by atoms with Crippen LogP contribution >= 0.6 is 0 Å². The SMILES string of the molecule is CCCC1CCC(O)(c2cc(F)ccc2C)CC1. The summed E-state index contributed by atoms with van der Waals surface area (Å²) in [6, 6.07) is 4.74. The fourth-order valence-corrected chi connectivity index (χ4v) is 3.22. The lowest BCUT2D eigenvalue weighted by Crippen LogP contribution is -2.32. The average molecular weight is 250 g/mol. The van der Waals surface area contributed by atoms with Gasteiger partial charge in [-0.3, -0.25) is 0 Å². The minimum atomic E-state index is -0.809. The number of rotatable bonds is 3. The summed E-state index contributed by atoms with van der Waals surface area (Å²) in [4.78, 5) is 0. The summed E-state index contributed by atoms with van der Waals surface area (Å²) in [5, 5.41) is 10.8. The van der Waals surface area contributed by atoms with Gasteiger partial charge < -0.3 is 5.11 Å². The van der Waals surface area contributed by atoms with Crippen molar-refractivity contribution in [2.75, 3.05) is 0 Å². The van der Waals surface area contributed by atoms with Crippen molar-refractivity contribution in [3.05, 3.63) is 35.1 Å². The van der Waals surface area contributed by atoms with Crippen LogP contribution in [0.5, 0.6) is 0 Å². The van der Waals surface area contributed by atoms with E-state index in [1.807, 2.05) is 6.92 Å². The third-order valence-electron chi connectivity index (χ3n) is 4.33. The number of aliphatic hydroxyl groups is 1. The molecule has 0 aliphatic heterocycles. The van der Waals surface area contributed by atoms with Crippen LogP contribution in [-0.2, 0) is 5.60 Å². The van der Waals surface area contributed by atoms with Crippen LogP contribution in [0.4, 0.5) is 4.39 Å². The van der Waals surface area contributed by atoms with Crippen molar-refractivity contribution < 1.29 is 9.50 Å². The van der Waals surface area contributed by atoms with E-state index in [0.29, 0.717) is 0 Å². The minimum absolute atomic E-state index is 0.250. The highest BCUT2D eigenvalue weighted by Crippen LogP contribution is 2.42. The standard InChI is InChI=1S/C16H23FO/c1-3-4-13-7-9-16(18,10-8-13)15-11-14(17)6-5-12(15)2/h5-6,11,13,18H,3-4,7-10H2,1-2H3. The van der Waals surface area contributed by atoms with Gasteiger partial charge in [0, 0.05) is 0 Å². The summed E-state index contributed by atoms with van der Waals surface area (Å²) in [5.74, 6) is 0.490. The zero-order chi connectivity index (χ0) is 13.2. The Morgan fingerprint density at radius 3 is 2.61 bits per heavy atom. The van der Waals surface area contributed by atoms with Crippen LogP contribution in [0.3, 0.4) is 0 Å². The second-order valence-electron chi connectivity index (χ2n) is 5.72. The van der Waals surface area contributed by atoms with Crippen LogP contribution in [0.1, 0.15) is 56.6 Å². The molecule has 2 rings (SSSR count). The first-order valence-electron chi connectivity index (χ1n) is 7.04. The lowest BCUT2D eigenvalue weighted by Gasteiger charge is -2.37. The largest absolute Gasteiger partial charge is 0.385 e. The van der Waals surface area contributed by atoms with Crippen molar-refractivity contribution in [2.24, 2.45) is 5.92 Å². The lowest BCUT2D eigenvalue weighted by atomic mass is 9.73. The Morgan fingerprint density at radius 1 is 1.33 bits per heavy atom. The van der Waals surface area contributed by atoms with E-state index in [-0.39, 0.29) is 5.82 Å². The van der Waals surface area contributed by atoms with Crippen molar-refractivity contribution in [1.82, 2.24) is 0 Å². The molecule has 100 valence electrons. The molecule has 0 heterocycles. The molecule has 0 unspecified atom stereocenters. The molecule has 0 atom stereocenters. The minimum Gasteiger partial charge on any atom is -0.385 e. The molecule has 18 heavy (non-hydrogen) atoms. The Morgan fingerprint density at radius 2 is 2.00 bits per heavy atom. The summed E-state index contributed by atoms with van der Waals surface area (Å²) in [6.07, 6.45) is 6.10. The molecule has 0 radical (unpaired) electrons. The smallest absolute Gasteiger partial charge is 0.123 e. The molecule has 1 aliphatic rings. The molecule has 1 N–H and O–H groups in total. The van der Waals surface area contributed by atoms with Crippen molar-refractivity contribution >= 4 is 0 Å². The Hall–Kier alpha value is -0.890. The second kappa shape index (κ2) is 5.40. The van der Waals surface area contributed by atoms with E-state index < -0.39 is 5.60 Å². The number of benzene rings is 1. The van der Waals surface area contributed by atoms with Gasteiger partial charge in [-0.05, 0) is 61.8 Å². The normalized spacial score (nSPS) is 28.3. The van der Waals surface area contributed by atoms with Crippen LogP contribution in [0.2, 0.25) is 0 Å². The Bertz CT molecular complexity index is 406. The topological polar surface area (TPSA) is 20.2 Å². The zero-order valence-electron chi connectivity index (χ0n) is 11.4. The number of hydrogen-bond acceptors (Lipinski definition) is 1. The number of hydrogen-bond donors (Lipinski definition) is 1. The van der Waals surface area contributed by atoms with Gasteiger partial charge in [-0.1, -0.05) is 25.8 Å². The van der Waals surface area contributed by atoms with E-state index in [0.717, 1.165) is 42.7 Å².